The van der Waals surface area contributed by atoms with E-state index in [1.807, 2.05) is 12.1 Å². The Morgan fingerprint density at radius 2 is 1.83 bits per heavy atom. The fourth-order valence-corrected chi connectivity index (χ4v) is 5.14. The number of aromatic nitrogens is 3. The molecule has 0 unspecified atom stereocenters. The molecule has 36 heavy (non-hydrogen) atoms. The molecule has 1 spiro atoms. The zero-order valence-electron chi connectivity index (χ0n) is 21.0. The number of piperidine rings is 1. The minimum absolute atomic E-state index is 0.147. The number of pyridine rings is 1. The predicted octanol–water partition coefficient (Wildman–Crippen LogP) is 1.38. The molecule has 4 rings (SSSR count). The first-order valence-corrected chi connectivity index (χ1v) is 12.8. The van der Waals surface area contributed by atoms with E-state index >= 15 is 0 Å². The van der Waals surface area contributed by atoms with E-state index in [-0.39, 0.29) is 24.9 Å². The maximum absolute atomic E-state index is 13.3. The summed E-state index contributed by atoms with van der Waals surface area (Å²) in [6.45, 7) is 2.91. The van der Waals surface area contributed by atoms with Crippen molar-refractivity contribution in [1.82, 2.24) is 24.6 Å². The number of likely N-dealkylation sites (tertiary alicyclic amines) is 1. The number of nitrogens with zero attached hydrogens (tertiary/aromatic N) is 5. The summed E-state index contributed by atoms with van der Waals surface area (Å²) in [5.74, 6) is -0.439. The second kappa shape index (κ2) is 11.9. The van der Waals surface area contributed by atoms with Gasteiger partial charge in [-0.15, -0.1) is 0 Å². The summed E-state index contributed by atoms with van der Waals surface area (Å²) in [4.78, 5) is 34.4. The van der Waals surface area contributed by atoms with Crippen molar-refractivity contribution < 1.29 is 24.5 Å². The Morgan fingerprint density at radius 1 is 1.08 bits per heavy atom. The van der Waals surface area contributed by atoms with Crippen LogP contribution in [0, 0.1) is 5.41 Å². The molecule has 1 amide bonds. The lowest BCUT2D eigenvalue weighted by atomic mass is 9.74. The van der Waals surface area contributed by atoms with Gasteiger partial charge < -0.3 is 19.8 Å². The highest BCUT2D eigenvalue weighted by atomic mass is 16.5. The summed E-state index contributed by atoms with van der Waals surface area (Å²) >= 11 is 0. The molecule has 0 radical (unpaired) electrons. The van der Waals surface area contributed by atoms with E-state index in [1.165, 1.54) is 11.8 Å². The van der Waals surface area contributed by atoms with Gasteiger partial charge in [-0.3, -0.25) is 24.2 Å². The quantitative estimate of drug-likeness (QED) is 0.608. The van der Waals surface area contributed by atoms with Gasteiger partial charge in [-0.2, -0.15) is 5.10 Å². The molecule has 2 N–H and O–H groups in total. The van der Waals surface area contributed by atoms with Crippen molar-refractivity contribution >= 4 is 11.9 Å². The molecule has 2 aromatic rings. The van der Waals surface area contributed by atoms with Crippen LogP contribution in [0.25, 0.3) is 0 Å². The lowest BCUT2D eigenvalue weighted by Crippen LogP contribution is -2.45. The first-order chi connectivity index (χ1) is 17.4. The van der Waals surface area contributed by atoms with E-state index in [9.17, 15) is 19.8 Å². The van der Waals surface area contributed by atoms with Crippen LogP contribution in [0.3, 0.4) is 0 Å². The van der Waals surface area contributed by atoms with E-state index in [4.69, 9.17) is 4.74 Å². The van der Waals surface area contributed by atoms with Crippen LogP contribution in [0.1, 0.15) is 54.4 Å². The van der Waals surface area contributed by atoms with E-state index in [2.05, 4.69) is 15.0 Å². The van der Waals surface area contributed by atoms with Gasteiger partial charge in [0.05, 0.1) is 23.3 Å². The molecule has 2 aromatic heterocycles. The zero-order chi connectivity index (χ0) is 25.5. The van der Waals surface area contributed by atoms with Crippen LogP contribution in [-0.2, 0) is 23.1 Å². The summed E-state index contributed by atoms with van der Waals surface area (Å²) in [5, 5.41) is 25.0. The molecular formula is C26H37N5O5. The third-order valence-corrected chi connectivity index (χ3v) is 7.50. The summed E-state index contributed by atoms with van der Waals surface area (Å²) in [6.07, 6.45) is 8.22. The number of hydrogen-bond donors (Lipinski definition) is 2. The molecule has 2 aliphatic rings. The molecule has 10 heteroatoms. The van der Waals surface area contributed by atoms with Crippen molar-refractivity contribution in [2.24, 2.45) is 12.5 Å². The van der Waals surface area contributed by atoms with Gasteiger partial charge >= 0.3 is 5.97 Å². The van der Waals surface area contributed by atoms with Crippen molar-refractivity contribution in [2.45, 2.75) is 57.3 Å². The third-order valence-electron chi connectivity index (χ3n) is 7.50. The average molecular weight is 500 g/mol. The monoisotopic (exact) mass is 499 g/mol. The summed E-state index contributed by atoms with van der Waals surface area (Å²) in [5.41, 5.74) is 1.06. The summed E-state index contributed by atoms with van der Waals surface area (Å²) in [6, 6.07) is 4.01. The van der Waals surface area contributed by atoms with Crippen LogP contribution >= 0.6 is 0 Å². The Kier molecular flexibility index (Phi) is 8.71. The smallest absolute Gasteiger partial charge is 0.312 e. The number of rotatable bonds is 3. The zero-order valence-corrected chi connectivity index (χ0v) is 21.0. The Bertz CT molecular complexity index is 1010. The molecule has 2 atom stereocenters. The number of aliphatic hydroxyl groups is 2. The minimum Gasteiger partial charge on any atom is -0.462 e. The second-order valence-corrected chi connectivity index (χ2v) is 10.1. The van der Waals surface area contributed by atoms with E-state index in [0.717, 1.165) is 32.5 Å². The Balaban J connectivity index is 1.42. The first-order valence-electron chi connectivity index (χ1n) is 12.8. The molecule has 196 valence electrons. The maximum atomic E-state index is 13.3. The molecule has 4 heterocycles. The maximum Gasteiger partial charge on any atom is 0.312 e. The van der Waals surface area contributed by atoms with Gasteiger partial charge in [-0.05, 0) is 62.9 Å². The lowest BCUT2D eigenvalue weighted by Gasteiger charge is -2.40. The topological polar surface area (TPSA) is 121 Å². The fraction of sp³-hybridized carbons (Fsp3) is 0.615. The number of aliphatic hydroxyl groups excluding tert-OH is 2. The Labute approximate surface area is 211 Å². The number of esters is 1. The van der Waals surface area contributed by atoms with Gasteiger partial charge in [0, 0.05) is 45.3 Å². The summed E-state index contributed by atoms with van der Waals surface area (Å²) in [7, 11) is 1.76. The molecule has 0 bridgehead atoms. The van der Waals surface area contributed by atoms with Gasteiger partial charge in [-0.1, -0.05) is 6.42 Å². The highest BCUT2D eigenvalue weighted by molar-refractivity contribution is 5.93. The van der Waals surface area contributed by atoms with Gasteiger partial charge in [0.15, 0.2) is 0 Å². The largest absolute Gasteiger partial charge is 0.462 e. The van der Waals surface area contributed by atoms with E-state index < -0.39 is 17.6 Å². The fourth-order valence-electron chi connectivity index (χ4n) is 5.14. The number of hydrogen-bond acceptors (Lipinski definition) is 8. The van der Waals surface area contributed by atoms with Crippen molar-refractivity contribution in [3.05, 3.63) is 48.0 Å². The average Bonchev–Trinajstić information content (AvgIpc) is 3.33. The molecule has 0 aromatic carbocycles. The molecule has 2 aliphatic heterocycles. The molecule has 0 saturated carbocycles. The number of carbonyl (C=O) groups excluding carboxylic acids is 2. The predicted molar refractivity (Wildman–Crippen MR) is 132 cm³/mol. The molecular weight excluding hydrogens is 462 g/mol. The standard InChI is InChI=1S/C26H37N5O5/c1-29-18-21(16-28-29)24(34)31-12-3-2-7-26(25(35)36-19-23(33)22(32)6-13-31)8-14-30(15-9-26)17-20-4-10-27-11-5-20/h4-5,10-11,16,18,22-23,32-33H,2-3,6-9,12-15,17,19H2,1H3/t22-,23+/m0/s1. The third kappa shape index (κ3) is 6.48. The number of carbonyl (C=O) groups is 2. The first kappa shape index (κ1) is 26.2. The number of amides is 1. The molecule has 10 nitrogen and oxygen atoms in total. The SMILES string of the molecule is Cn1cc(C(=O)N2CCCCC3(CCN(Cc4ccncc4)CC3)C(=O)OC[C@@H](O)[C@@H](O)CC2)cn1. The second-order valence-electron chi connectivity index (χ2n) is 10.1. The van der Waals surface area contributed by atoms with Crippen LogP contribution in [-0.4, -0.2) is 91.6 Å². The van der Waals surface area contributed by atoms with Crippen LogP contribution in [0.15, 0.2) is 36.9 Å². The number of ether oxygens (including phenoxy) is 1. The van der Waals surface area contributed by atoms with Crippen LogP contribution in [0.5, 0.6) is 0 Å². The Morgan fingerprint density at radius 3 is 2.53 bits per heavy atom. The highest BCUT2D eigenvalue weighted by Crippen LogP contribution is 2.38. The van der Waals surface area contributed by atoms with Crippen LogP contribution in [0.2, 0.25) is 0 Å². The van der Waals surface area contributed by atoms with Crippen molar-refractivity contribution in [1.29, 1.82) is 0 Å². The highest BCUT2D eigenvalue weighted by Gasteiger charge is 2.42. The molecule has 2 fully saturated rings. The van der Waals surface area contributed by atoms with Crippen LogP contribution < -0.4 is 0 Å². The minimum atomic E-state index is -1.20. The van der Waals surface area contributed by atoms with E-state index in [0.29, 0.717) is 37.9 Å². The van der Waals surface area contributed by atoms with Gasteiger partial charge in [0.1, 0.15) is 12.7 Å². The van der Waals surface area contributed by atoms with Crippen molar-refractivity contribution in [3.8, 4) is 0 Å². The van der Waals surface area contributed by atoms with Gasteiger partial charge in [0.25, 0.3) is 5.91 Å². The van der Waals surface area contributed by atoms with E-state index in [1.54, 1.807) is 35.2 Å². The molecule has 2 saturated heterocycles. The normalized spacial score (nSPS) is 24.4. The summed E-state index contributed by atoms with van der Waals surface area (Å²) < 4.78 is 7.15. The molecule has 0 aliphatic carbocycles. The van der Waals surface area contributed by atoms with Crippen LogP contribution in [0.4, 0.5) is 0 Å². The van der Waals surface area contributed by atoms with Gasteiger partial charge in [-0.25, -0.2) is 0 Å². The lowest BCUT2D eigenvalue weighted by molar-refractivity contribution is -0.165. The van der Waals surface area contributed by atoms with Crippen molar-refractivity contribution in [3.63, 3.8) is 0 Å². The number of aryl methyl sites for hydroxylation is 1. The Hall–Kier alpha value is -2.82. The van der Waals surface area contributed by atoms with Gasteiger partial charge in [0.2, 0.25) is 0 Å². The van der Waals surface area contributed by atoms with Crippen molar-refractivity contribution in [2.75, 3.05) is 32.8 Å². The number of cyclic esters (lactones) is 1.